The molecule has 1 aromatic carbocycles. The van der Waals surface area contributed by atoms with E-state index in [0.717, 1.165) is 4.47 Å². The van der Waals surface area contributed by atoms with Gasteiger partial charge in [0.1, 0.15) is 0 Å². The summed E-state index contributed by atoms with van der Waals surface area (Å²) in [4.78, 5) is 23.2. The topological polar surface area (TPSA) is 101 Å². The van der Waals surface area contributed by atoms with Crippen LogP contribution in [0.3, 0.4) is 0 Å². The molecule has 1 aliphatic heterocycles. The second-order valence-electron chi connectivity index (χ2n) is 5.31. The molecule has 1 fully saturated rings. The second kappa shape index (κ2) is 6.78. The van der Waals surface area contributed by atoms with E-state index in [-0.39, 0.29) is 24.3 Å². The summed E-state index contributed by atoms with van der Waals surface area (Å²) in [6.07, 6.45) is 0.0289. The quantitative estimate of drug-likeness (QED) is 0.794. The number of halogens is 1. The lowest BCUT2D eigenvalue weighted by Crippen LogP contribution is -2.35. The number of benzene rings is 1. The minimum absolute atomic E-state index is 0.00691. The number of carbonyl (C=O) groups excluding carboxylic acids is 1. The summed E-state index contributed by atoms with van der Waals surface area (Å²) >= 11 is 3.29. The fourth-order valence-electron chi connectivity index (χ4n) is 2.41. The summed E-state index contributed by atoms with van der Waals surface area (Å²) < 4.78 is 23.7. The number of hydrogen-bond donors (Lipinski definition) is 2. The van der Waals surface area contributed by atoms with Crippen molar-refractivity contribution in [3.8, 4) is 0 Å². The molecule has 1 saturated heterocycles. The van der Waals surface area contributed by atoms with Crippen LogP contribution < -0.4 is 5.32 Å². The van der Waals surface area contributed by atoms with Crippen LogP contribution in [0.5, 0.6) is 0 Å². The molecule has 0 aromatic heterocycles. The minimum Gasteiger partial charge on any atom is -0.481 e. The SMILES string of the molecule is O=C(O)C[C@@H](NC(=O)[C@@H]1CCS(=O)(=O)C1)c1ccc(Br)cc1. The predicted molar refractivity (Wildman–Crippen MR) is 84.0 cm³/mol. The molecule has 1 aromatic rings. The van der Waals surface area contributed by atoms with Gasteiger partial charge in [0.25, 0.3) is 0 Å². The van der Waals surface area contributed by atoms with Crippen molar-refractivity contribution >= 4 is 37.6 Å². The summed E-state index contributed by atoms with van der Waals surface area (Å²) in [6.45, 7) is 0. The number of amides is 1. The highest BCUT2D eigenvalue weighted by Crippen LogP contribution is 2.23. The fraction of sp³-hybridized carbons (Fsp3) is 0.429. The maximum absolute atomic E-state index is 12.2. The van der Waals surface area contributed by atoms with Gasteiger partial charge in [0.15, 0.2) is 9.84 Å². The molecule has 0 bridgehead atoms. The van der Waals surface area contributed by atoms with Crippen molar-refractivity contribution in [2.75, 3.05) is 11.5 Å². The summed E-state index contributed by atoms with van der Waals surface area (Å²) in [7, 11) is -3.15. The van der Waals surface area contributed by atoms with Crippen LogP contribution in [0.2, 0.25) is 0 Å². The van der Waals surface area contributed by atoms with E-state index in [1.807, 2.05) is 0 Å². The van der Waals surface area contributed by atoms with Gasteiger partial charge in [-0.2, -0.15) is 0 Å². The van der Waals surface area contributed by atoms with Crippen molar-refractivity contribution in [2.24, 2.45) is 5.92 Å². The maximum atomic E-state index is 12.2. The van der Waals surface area contributed by atoms with Gasteiger partial charge in [-0.3, -0.25) is 9.59 Å². The van der Waals surface area contributed by atoms with Crippen LogP contribution in [0, 0.1) is 5.92 Å². The number of carboxylic acid groups (broad SMARTS) is 1. The molecule has 1 heterocycles. The number of rotatable bonds is 5. The lowest BCUT2D eigenvalue weighted by molar-refractivity contribution is -0.137. The third kappa shape index (κ3) is 4.54. The molecule has 0 spiro atoms. The molecule has 6 nitrogen and oxygen atoms in total. The van der Waals surface area contributed by atoms with Crippen LogP contribution in [0.4, 0.5) is 0 Å². The van der Waals surface area contributed by atoms with Gasteiger partial charge in [-0.1, -0.05) is 28.1 Å². The third-order valence-electron chi connectivity index (χ3n) is 3.57. The molecule has 1 aliphatic rings. The van der Waals surface area contributed by atoms with E-state index in [4.69, 9.17) is 5.11 Å². The molecular formula is C14H16BrNO5S. The van der Waals surface area contributed by atoms with Crippen molar-refractivity contribution in [3.05, 3.63) is 34.3 Å². The van der Waals surface area contributed by atoms with Gasteiger partial charge < -0.3 is 10.4 Å². The molecule has 2 N–H and O–H groups in total. The Morgan fingerprint density at radius 2 is 1.95 bits per heavy atom. The summed E-state index contributed by atoms with van der Waals surface area (Å²) in [5, 5.41) is 11.7. The Morgan fingerprint density at radius 3 is 2.45 bits per heavy atom. The number of sulfone groups is 1. The molecule has 0 unspecified atom stereocenters. The lowest BCUT2D eigenvalue weighted by atomic mass is 10.0. The number of hydrogen-bond acceptors (Lipinski definition) is 4. The van der Waals surface area contributed by atoms with Gasteiger partial charge in [-0.05, 0) is 24.1 Å². The van der Waals surface area contributed by atoms with Crippen LogP contribution >= 0.6 is 15.9 Å². The highest BCUT2D eigenvalue weighted by Gasteiger charge is 2.34. The molecule has 2 rings (SSSR count). The summed E-state index contributed by atoms with van der Waals surface area (Å²) in [6, 6.07) is 6.29. The zero-order valence-electron chi connectivity index (χ0n) is 11.7. The smallest absolute Gasteiger partial charge is 0.305 e. The summed E-state index contributed by atoms with van der Waals surface area (Å²) in [5.41, 5.74) is 0.666. The third-order valence-corrected chi connectivity index (χ3v) is 5.87. The van der Waals surface area contributed by atoms with E-state index in [0.29, 0.717) is 5.56 Å². The van der Waals surface area contributed by atoms with Gasteiger partial charge in [-0.25, -0.2) is 8.42 Å². The Kier molecular flexibility index (Phi) is 5.23. The first kappa shape index (κ1) is 17.0. The molecule has 0 aliphatic carbocycles. The molecule has 0 radical (unpaired) electrons. The van der Waals surface area contributed by atoms with E-state index >= 15 is 0 Å². The van der Waals surface area contributed by atoms with Crippen LogP contribution in [-0.4, -0.2) is 36.9 Å². The number of carboxylic acids is 1. The molecule has 22 heavy (non-hydrogen) atoms. The van der Waals surface area contributed by atoms with Crippen molar-refractivity contribution < 1.29 is 23.1 Å². The lowest BCUT2D eigenvalue weighted by Gasteiger charge is -2.19. The van der Waals surface area contributed by atoms with Crippen LogP contribution in [0.15, 0.2) is 28.7 Å². The highest BCUT2D eigenvalue weighted by molar-refractivity contribution is 9.10. The minimum atomic E-state index is -3.15. The Labute approximate surface area is 137 Å². The second-order valence-corrected chi connectivity index (χ2v) is 8.45. The molecule has 8 heteroatoms. The Bertz CT molecular complexity index is 671. The van der Waals surface area contributed by atoms with Crippen molar-refractivity contribution in [2.45, 2.75) is 18.9 Å². The first-order valence-electron chi connectivity index (χ1n) is 6.75. The van der Waals surface area contributed by atoms with Gasteiger partial charge in [0.05, 0.1) is 29.9 Å². The van der Waals surface area contributed by atoms with Gasteiger partial charge >= 0.3 is 5.97 Å². The van der Waals surface area contributed by atoms with E-state index < -0.39 is 33.7 Å². The Balaban J connectivity index is 2.11. The van der Waals surface area contributed by atoms with Crippen LogP contribution in [0.25, 0.3) is 0 Å². The number of nitrogens with one attached hydrogen (secondary N) is 1. The standard InChI is InChI=1S/C14H16BrNO5S/c15-11-3-1-9(2-4-11)12(7-13(17)18)16-14(19)10-5-6-22(20,21)8-10/h1-4,10,12H,5-8H2,(H,16,19)(H,17,18)/t10-,12-/m1/s1. The van der Waals surface area contributed by atoms with Crippen LogP contribution in [-0.2, 0) is 19.4 Å². The molecule has 2 atom stereocenters. The zero-order valence-corrected chi connectivity index (χ0v) is 14.1. The fourth-order valence-corrected chi connectivity index (χ4v) is 4.42. The Morgan fingerprint density at radius 1 is 1.32 bits per heavy atom. The predicted octanol–water partition coefficient (Wildman–Crippen LogP) is 1.52. The van der Waals surface area contributed by atoms with Crippen molar-refractivity contribution in [3.63, 3.8) is 0 Å². The number of aliphatic carboxylic acids is 1. The van der Waals surface area contributed by atoms with Crippen molar-refractivity contribution in [1.82, 2.24) is 5.32 Å². The molecule has 0 saturated carbocycles. The average molecular weight is 390 g/mol. The average Bonchev–Trinajstić information content (AvgIpc) is 2.79. The van der Waals surface area contributed by atoms with E-state index in [1.54, 1.807) is 24.3 Å². The molecular weight excluding hydrogens is 374 g/mol. The zero-order chi connectivity index (χ0) is 16.3. The normalized spacial score (nSPS) is 21.2. The Hall–Kier alpha value is -1.41. The number of carbonyl (C=O) groups is 2. The first-order valence-corrected chi connectivity index (χ1v) is 9.36. The van der Waals surface area contributed by atoms with Gasteiger partial charge in [0, 0.05) is 4.47 Å². The molecule has 120 valence electrons. The highest BCUT2D eigenvalue weighted by atomic mass is 79.9. The molecule has 1 amide bonds. The largest absolute Gasteiger partial charge is 0.481 e. The van der Waals surface area contributed by atoms with E-state index in [2.05, 4.69) is 21.2 Å². The monoisotopic (exact) mass is 389 g/mol. The van der Waals surface area contributed by atoms with Gasteiger partial charge in [0.2, 0.25) is 5.91 Å². The van der Waals surface area contributed by atoms with Crippen molar-refractivity contribution in [1.29, 1.82) is 0 Å². The maximum Gasteiger partial charge on any atom is 0.305 e. The van der Waals surface area contributed by atoms with Gasteiger partial charge in [-0.15, -0.1) is 0 Å². The van der Waals surface area contributed by atoms with Crippen LogP contribution in [0.1, 0.15) is 24.4 Å². The van der Waals surface area contributed by atoms with E-state index in [9.17, 15) is 18.0 Å². The first-order chi connectivity index (χ1) is 10.3. The van der Waals surface area contributed by atoms with E-state index in [1.165, 1.54) is 0 Å². The summed E-state index contributed by atoms with van der Waals surface area (Å²) in [5.74, 6) is -2.20.